The first kappa shape index (κ1) is 11.1. The average Bonchev–Trinajstić information content (AvgIpc) is 2.68. The molecule has 0 aliphatic heterocycles. The van der Waals surface area contributed by atoms with E-state index < -0.39 is 0 Å². The summed E-state index contributed by atoms with van der Waals surface area (Å²) in [6.07, 6.45) is 0.376. The van der Waals surface area contributed by atoms with Crippen LogP contribution in [-0.2, 0) is 9.53 Å². The first-order valence-corrected chi connectivity index (χ1v) is 5.56. The molecular formula is C11H10BrNO3. The van der Waals surface area contributed by atoms with E-state index in [2.05, 4.69) is 21.1 Å². The van der Waals surface area contributed by atoms with Crippen molar-refractivity contribution in [1.29, 1.82) is 0 Å². The minimum absolute atomic E-state index is 0.313. The SMILES string of the molecule is COC(=O)C1C/C(=N/O)c2cccc(Br)c21. The van der Waals surface area contributed by atoms with E-state index in [0.29, 0.717) is 12.1 Å². The number of fused-ring (bicyclic) bond motifs is 1. The fraction of sp³-hybridized carbons (Fsp3) is 0.273. The Balaban J connectivity index is 2.56. The van der Waals surface area contributed by atoms with Crippen molar-refractivity contribution in [3.63, 3.8) is 0 Å². The predicted octanol–water partition coefficient (Wildman–Crippen LogP) is 2.29. The summed E-state index contributed by atoms with van der Waals surface area (Å²) in [6.45, 7) is 0. The Hall–Kier alpha value is -1.36. The Bertz CT molecular complexity index is 470. The lowest BCUT2D eigenvalue weighted by Gasteiger charge is -2.09. The fourth-order valence-electron chi connectivity index (χ4n) is 1.99. The summed E-state index contributed by atoms with van der Waals surface area (Å²) in [5.41, 5.74) is 2.15. The molecule has 84 valence electrons. The second kappa shape index (κ2) is 4.25. The Morgan fingerprint density at radius 2 is 2.38 bits per heavy atom. The van der Waals surface area contributed by atoms with Crippen molar-refractivity contribution in [3.05, 3.63) is 33.8 Å². The normalized spacial score (nSPS) is 20.9. The molecule has 0 heterocycles. The first-order valence-electron chi connectivity index (χ1n) is 4.76. The molecule has 0 amide bonds. The minimum Gasteiger partial charge on any atom is -0.469 e. The molecule has 0 radical (unpaired) electrons. The van der Waals surface area contributed by atoms with Crippen LogP contribution in [0.3, 0.4) is 0 Å². The van der Waals surface area contributed by atoms with Crippen molar-refractivity contribution in [2.24, 2.45) is 5.16 Å². The van der Waals surface area contributed by atoms with Crippen LogP contribution in [0.2, 0.25) is 0 Å². The summed E-state index contributed by atoms with van der Waals surface area (Å²) in [5, 5.41) is 12.1. The van der Waals surface area contributed by atoms with E-state index in [-0.39, 0.29) is 11.9 Å². The molecule has 0 bridgehead atoms. The van der Waals surface area contributed by atoms with Gasteiger partial charge in [-0.25, -0.2) is 0 Å². The lowest BCUT2D eigenvalue weighted by atomic mass is 10.0. The van der Waals surface area contributed by atoms with E-state index in [1.807, 2.05) is 18.2 Å². The van der Waals surface area contributed by atoms with E-state index in [1.165, 1.54) is 7.11 Å². The molecule has 16 heavy (non-hydrogen) atoms. The molecule has 1 aromatic carbocycles. The first-order chi connectivity index (χ1) is 7.69. The summed E-state index contributed by atoms with van der Waals surface area (Å²) in [6, 6.07) is 5.53. The van der Waals surface area contributed by atoms with Gasteiger partial charge < -0.3 is 9.94 Å². The number of halogens is 1. The van der Waals surface area contributed by atoms with E-state index in [4.69, 9.17) is 9.94 Å². The van der Waals surface area contributed by atoms with Crippen LogP contribution in [-0.4, -0.2) is 24.0 Å². The molecule has 0 aromatic heterocycles. The van der Waals surface area contributed by atoms with Crippen LogP contribution in [0.4, 0.5) is 0 Å². The average molecular weight is 284 g/mol. The van der Waals surface area contributed by atoms with Gasteiger partial charge in [0.1, 0.15) is 0 Å². The number of hydrogen-bond donors (Lipinski definition) is 1. The number of nitrogens with zero attached hydrogens (tertiary/aromatic N) is 1. The van der Waals surface area contributed by atoms with Crippen molar-refractivity contribution in [2.45, 2.75) is 12.3 Å². The maximum Gasteiger partial charge on any atom is 0.313 e. The molecule has 1 aliphatic rings. The van der Waals surface area contributed by atoms with Crippen molar-refractivity contribution >= 4 is 27.6 Å². The van der Waals surface area contributed by atoms with Crippen LogP contribution in [0, 0.1) is 0 Å². The highest BCUT2D eigenvalue weighted by atomic mass is 79.9. The number of carbonyl (C=O) groups is 1. The molecule has 1 aromatic rings. The molecule has 0 spiro atoms. The van der Waals surface area contributed by atoms with Gasteiger partial charge in [0.2, 0.25) is 0 Å². The molecule has 1 unspecified atom stereocenters. The molecule has 0 saturated heterocycles. The highest BCUT2D eigenvalue weighted by Crippen LogP contribution is 2.38. The van der Waals surface area contributed by atoms with Gasteiger partial charge in [-0.05, 0) is 11.6 Å². The lowest BCUT2D eigenvalue weighted by Crippen LogP contribution is -2.12. The standard InChI is InChI=1S/C11H10BrNO3/c1-16-11(14)7-5-9(13-15)6-3-2-4-8(12)10(6)7/h2-4,7,15H,5H2,1H3/b13-9-. The van der Waals surface area contributed by atoms with Crippen molar-refractivity contribution in [2.75, 3.05) is 7.11 Å². The Kier molecular flexibility index (Phi) is 2.96. The Morgan fingerprint density at radius 3 is 3.00 bits per heavy atom. The summed E-state index contributed by atoms with van der Waals surface area (Å²) >= 11 is 3.40. The molecular weight excluding hydrogens is 274 g/mol. The largest absolute Gasteiger partial charge is 0.469 e. The summed E-state index contributed by atoms with van der Waals surface area (Å²) in [7, 11) is 1.35. The fourth-order valence-corrected chi connectivity index (χ4v) is 2.63. The number of rotatable bonds is 1. The number of methoxy groups -OCH3 is 1. The zero-order valence-electron chi connectivity index (χ0n) is 8.61. The van der Waals surface area contributed by atoms with E-state index in [9.17, 15) is 4.79 Å². The molecule has 1 N–H and O–H groups in total. The second-order valence-electron chi connectivity index (χ2n) is 3.53. The van der Waals surface area contributed by atoms with Crippen LogP contribution < -0.4 is 0 Å². The van der Waals surface area contributed by atoms with Gasteiger partial charge in [0, 0.05) is 16.5 Å². The topological polar surface area (TPSA) is 58.9 Å². The van der Waals surface area contributed by atoms with Crippen LogP contribution >= 0.6 is 15.9 Å². The quantitative estimate of drug-likeness (QED) is 0.489. The Labute approximate surface area is 101 Å². The summed E-state index contributed by atoms with van der Waals surface area (Å²) in [5.74, 6) is -0.701. The molecule has 5 heteroatoms. The smallest absolute Gasteiger partial charge is 0.313 e. The molecule has 2 rings (SSSR count). The highest BCUT2D eigenvalue weighted by molar-refractivity contribution is 9.10. The number of carbonyl (C=O) groups excluding carboxylic acids is 1. The molecule has 1 atom stereocenters. The van der Waals surface area contributed by atoms with Gasteiger partial charge in [-0.1, -0.05) is 33.2 Å². The zero-order chi connectivity index (χ0) is 11.7. The van der Waals surface area contributed by atoms with Gasteiger partial charge in [0.05, 0.1) is 18.7 Å². The van der Waals surface area contributed by atoms with Gasteiger partial charge in [-0.15, -0.1) is 0 Å². The third kappa shape index (κ3) is 1.61. The van der Waals surface area contributed by atoms with Gasteiger partial charge in [-0.3, -0.25) is 4.79 Å². The monoisotopic (exact) mass is 283 g/mol. The van der Waals surface area contributed by atoms with Gasteiger partial charge in [-0.2, -0.15) is 0 Å². The van der Waals surface area contributed by atoms with Crippen molar-refractivity contribution < 1.29 is 14.7 Å². The number of ether oxygens (including phenoxy) is 1. The van der Waals surface area contributed by atoms with E-state index in [1.54, 1.807) is 0 Å². The molecule has 0 fully saturated rings. The maximum atomic E-state index is 11.6. The number of oxime groups is 1. The van der Waals surface area contributed by atoms with Gasteiger partial charge >= 0.3 is 5.97 Å². The zero-order valence-corrected chi connectivity index (χ0v) is 10.2. The van der Waals surface area contributed by atoms with Crippen molar-refractivity contribution in [1.82, 2.24) is 0 Å². The molecule has 1 aliphatic carbocycles. The maximum absolute atomic E-state index is 11.6. The van der Waals surface area contributed by atoms with Crippen molar-refractivity contribution in [3.8, 4) is 0 Å². The van der Waals surface area contributed by atoms with Crippen LogP contribution in [0.25, 0.3) is 0 Å². The third-order valence-corrected chi connectivity index (χ3v) is 3.41. The van der Waals surface area contributed by atoms with Gasteiger partial charge in [0.15, 0.2) is 0 Å². The summed E-state index contributed by atoms with van der Waals surface area (Å²) in [4.78, 5) is 11.6. The second-order valence-corrected chi connectivity index (χ2v) is 4.38. The molecule has 4 nitrogen and oxygen atoms in total. The summed E-state index contributed by atoms with van der Waals surface area (Å²) < 4.78 is 5.57. The third-order valence-electron chi connectivity index (χ3n) is 2.72. The van der Waals surface area contributed by atoms with E-state index >= 15 is 0 Å². The number of esters is 1. The van der Waals surface area contributed by atoms with E-state index in [0.717, 1.165) is 15.6 Å². The minimum atomic E-state index is -0.388. The Morgan fingerprint density at radius 1 is 1.62 bits per heavy atom. The number of benzene rings is 1. The van der Waals surface area contributed by atoms with Crippen LogP contribution in [0.5, 0.6) is 0 Å². The van der Waals surface area contributed by atoms with Crippen LogP contribution in [0.15, 0.2) is 27.8 Å². The lowest BCUT2D eigenvalue weighted by molar-refractivity contribution is -0.142. The van der Waals surface area contributed by atoms with Gasteiger partial charge in [0.25, 0.3) is 0 Å². The van der Waals surface area contributed by atoms with Crippen LogP contribution in [0.1, 0.15) is 23.5 Å². The predicted molar refractivity (Wildman–Crippen MR) is 61.8 cm³/mol. The number of hydrogen-bond acceptors (Lipinski definition) is 4. The molecule has 0 saturated carbocycles. The highest BCUT2D eigenvalue weighted by Gasteiger charge is 2.35.